The molecule has 0 radical (unpaired) electrons. The fourth-order valence-electron chi connectivity index (χ4n) is 3.03. The molecule has 0 heterocycles. The van der Waals surface area contributed by atoms with Crippen molar-refractivity contribution >= 4 is 11.9 Å². The Balaban J connectivity index is 1.69. The van der Waals surface area contributed by atoms with Gasteiger partial charge in [-0.2, -0.15) is 0 Å². The minimum absolute atomic E-state index is 0.250. The van der Waals surface area contributed by atoms with Crippen LogP contribution in [0.15, 0.2) is 73.8 Å². The van der Waals surface area contributed by atoms with Crippen LogP contribution in [0.25, 0.3) is 0 Å². The van der Waals surface area contributed by atoms with Crippen LogP contribution in [0.3, 0.4) is 0 Å². The highest BCUT2D eigenvalue weighted by atomic mass is 16.5. The molecule has 170 valence electrons. The van der Waals surface area contributed by atoms with Crippen molar-refractivity contribution in [3.8, 4) is 17.2 Å². The van der Waals surface area contributed by atoms with Crippen LogP contribution in [0, 0.1) is 0 Å². The van der Waals surface area contributed by atoms with Crippen molar-refractivity contribution in [1.29, 1.82) is 0 Å². The zero-order valence-electron chi connectivity index (χ0n) is 18.6. The Hall–Kier alpha value is -3.34. The number of esters is 2. The first-order chi connectivity index (χ1) is 15.6. The maximum Gasteiger partial charge on any atom is 0.343 e. The molecule has 0 amide bonds. The Bertz CT molecular complexity index is 853. The largest absolute Gasteiger partial charge is 0.490 e. The molecule has 2 aromatic carbocycles. The predicted molar refractivity (Wildman–Crippen MR) is 126 cm³/mol. The van der Waals surface area contributed by atoms with Crippen LogP contribution in [-0.4, -0.2) is 18.5 Å². The predicted octanol–water partition coefficient (Wildman–Crippen LogP) is 6.68. The number of rotatable bonds is 15. The average molecular weight is 437 g/mol. The molecule has 0 saturated heterocycles. The maximum atomic E-state index is 12.3. The molecule has 32 heavy (non-hydrogen) atoms. The third-order valence-electron chi connectivity index (χ3n) is 4.76. The number of unbranched alkanes of at least 4 members (excludes halogenated alkanes) is 6. The molecule has 0 spiro atoms. The third kappa shape index (κ3) is 9.65. The van der Waals surface area contributed by atoms with Gasteiger partial charge in [-0.1, -0.05) is 44.4 Å². The van der Waals surface area contributed by atoms with E-state index in [1.807, 2.05) is 6.08 Å². The lowest BCUT2D eigenvalue weighted by atomic mass is 10.1. The molecule has 0 aliphatic heterocycles. The quantitative estimate of drug-likeness (QED) is 0.135. The molecule has 5 heteroatoms. The smallest absolute Gasteiger partial charge is 0.343 e. The van der Waals surface area contributed by atoms with E-state index in [-0.39, 0.29) is 5.97 Å². The van der Waals surface area contributed by atoms with Crippen LogP contribution in [0.2, 0.25) is 0 Å². The highest BCUT2D eigenvalue weighted by Gasteiger charge is 2.10. The molecule has 0 aliphatic carbocycles. The van der Waals surface area contributed by atoms with Gasteiger partial charge < -0.3 is 14.2 Å². The highest BCUT2D eigenvalue weighted by Crippen LogP contribution is 2.20. The van der Waals surface area contributed by atoms with Gasteiger partial charge in [-0.05, 0) is 67.8 Å². The van der Waals surface area contributed by atoms with Gasteiger partial charge in [0.1, 0.15) is 23.9 Å². The molecule has 0 saturated carbocycles. The van der Waals surface area contributed by atoms with E-state index in [0.717, 1.165) is 25.7 Å². The van der Waals surface area contributed by atoms with E-state index < -0.39 is 5.97 Å². The van der Waals surface area contributed by atoms with E-state index in [1.165, 1.54) is 19.3 Å². The van der Waals surface area contributed by atoms with Crippen LogP contribution in [0.1, 0.15) is 61.7 Å². The van der Waals surface area contributed by atoms with Crippen molar-refractivity contribution in [1.82, 2.24) is 0 Å². The maximum absolute atomic E-state index is 12.3. The first-order valence-electron chi connectivity index (χ1n) is 11.1. The van der Waals surface area contributed by atoms with Crippen molar-refractivity contribution in [2.45, 2.75) is 51.4 Å². The lowest BCUT2D eigenvalue weighted by molar-refractivity contribution is -0.134. The third-order valence-corrected chi connectivity index (χ3v) is 4.76. The Morgan fingerprint density at radius 2 is 1.25 bits per heavy atom. The van der Waals surface area contributed by atoms with E-state index in [2.05, 4.69) is 13.2 Å². The van der Waals surface area contributed by atoms with Gasteiger partial charge in [0, 0.05) is 6.42 Å². The minimum Gasteiger partial charge on any atom is -0.490 e. The van der Waals surface area contributed by atoms with Crippen LogP contribution >= 0.6 is 0 Å². The SMILES string of the molecule is C=CCCCCCCCCC(=O)Oc1ccc(OC(=O)c2ccc(OCC=C)cc2)cc1. The summed E-state index contributed by atoms with van der Waals surface area (Å²) >= 11 is 0. The lowest BCUT2D eigenvalue weighted by Crippen LogP contribution is -2.09. The monoisotopic (exact) mass is 436 g/mol. The standard InChI is InChI=1S/C27H32O5/c1-3-5-6-7-8-9-10-11-12-26(28)31-24-17-19-25(20-18-24)32-27(29)22-13-15-23(16-14-22)30-21-4-2/h3-4,13-20H,1-2,5-12,21H2. The fourth-order valence-corrected chi connectivity index (χ4v) is 3.03. The second kappa shape index (κ2) is 14.6. The van der Waals surface area contributed by atoms with Crippen molar-refractivity contribution in [3.63, 3.8) is 0 Å². The van der Waals surface area contributed by atoms with Crippen LogP contribution in [-0.2, 0) is 4.79 Å². The Morgan fingerprint density at radius 3 is 1.88 bits per heavy atom. The molecule has 0 atom stereocenters. The summed E-state index contributed by atoms with van der Waals surface area (Å²) in [6, 6.07) is 13.1. The number of allylic oxidation sites excluding steroid dienone is 1. The van der Waals surface area contributed by atoms with Gasteiger partial charge in [-0.25, -0.2) is 4.79 Å². The first-order valence-corrected chi connectivity index (χ1v) is 11.1. The summed E-state index contributed by atoms with van der Waals surface area (Å²) < 4.78 is 16.1. The lowest BCUT2D eigenvalue weighted by Gasteiger charge is -2.08. The Labute approximate surface area is 190 Å². The number of ether oxygens (including phenoxy) is 3. The second-order valence-corrected chi connectivity index (χ2v) is 7.41. The number of hydrogen-bond donors (Lipinski definition) is 0. The molecule has 0 fully saturated rings. The van der Waals surface area contributed by atoms with E-state index in [4.69, 9.17) is 14.2 Å². The van der Waals surface area contributed by atoms with E-state index in [0.29, 0.717) is 35.8 Å². The summed E-state index contributed by atoms with van der Waals surface area (Å²) in [6.45, 7) is 7.71. The normalized spacial score (nSPS) is 10.2. The van der Waals surface area contributed by atoms with Gasteiger partial charge in [0.15, 0.2) is 0 Å². The zero-order chi connectivity index (χ0) is 23.0. The molecule has 5 nitrogen and oxygen atoms in total. The van der Waals surface area contributed by atoms with Crippen molar-refractivity contribution in [2.24, 2.45) is 0 Å². The van der Waals surface area contributed by atoms with E-state index in [9.17, 15) is 9.59 Å². The molecule has 0 N–H and O–H groups in total. The van der Waals surface area contributed by atoms with Crippen molar-refractivity contribution < 1.29 is 23.8 Å². The van der Waals surface area contributed by atoms with Gasteiger partial charge in [0.05, 0.1) is 5.56 Å². The fraction of sp³-hybridized carbons (Fsp3) is 0.333. The van der Waals surface area contributed by atoms with Crippen LogP contribution in [0.4, 0.5) is 0 Å². The van der Waals surface area contributed by atoms with Gasteiger partial charge >= 0.3 is 11.9 Å². The summed E-state index contributed by atoms with van der Waals surface area (Å²) in [5.41, 5.74) is 0.409. The number of hydrogen-bond acceptors (Lipinski definition) is 5. The molecule has 0 aromatic heterocycles. The summed E-state index contributed by atoms with van der Waals surface area (Å²) in [5.74, 6) is 0.729. The highest BCUT2D eigenvalue weighted by molar-refractivity contribution is 5.91. The second-order valence-electron chi connectivity index (χ2n) is 7.41. The van der Waals surface area contributed by atoms with Crippen molar-refractivity contribution in [3.05, 3.63) is 79.4 Å². The van der Waals surface area contributed by atoms with Crippen LogP contribution < -0.4 is 14.2 Å². The molecular weight excluding hydrogens is 404 g/mol. The van der Waals surface area contributed by atoms with Crippen LogP contribution in [0.5, 0.6) is 17.2 Å². The van der Waals surface area contributed by atoms with Crippen molar-refractivity contribution in [2.75, 3.05) is 6.61 Å². The number of carbonyl (C=O) groups excluding carboxylic acids is 2. The zero-order valence-corrected chi connectivity index (χ0v) is 18.6. The van der Waals surface area contributed by atoms with Gasteiger partial charge in [0.2, 0.25) is 0 Å². The molecule has 0 bridgehead atoms. The van der Waals surface area contributed by atoms with E-state index in [1.54, 1.807) is 54.6 Å². The molecular formula is C27H32O5. The number of carbonyl (C=O) groups is 2. The van der Waals surface area contributed by atoms with Gasteiger partial charge in [-0.3, -0.25) is 4.79 Å². The number of benzene rings is 2. The summed E-state index contributed by atoms with van der Waals surface area (Å²) in [4.78, 5) is 24.3. The minimum atomic E-state index is -0.477. The Kier molecular flexibility index (Phi) is 11.4. The molecule has 0 unspecified atom stereocenters. The van der Waals surface area contributed by atoms with Gasteiger partial charge in [0.25, 0.3) is 0 Å². The first kappa shape index (κ1) is 24.9. The molecule has 2 aromatic rings. The van der Waals surface area contributed by atoms with Gasteiger partial charge in [-0.15, -0.1) is 6.58 Å². The average Bonchev–Trinajstić information content (AvgIpc) is 2.81. The summed E-state index contributed by atoms with van der Waals surface area (Å²) in [7, 11) is 0. The molecule has 0 aliphatic rings. The van der Waals surface area contributed by atoms with E-state index >= 15 is 0 Å². The summed E-state index contributed by atoms with van der Waals surface area (Å²) in [6.07, 6.45) is 11.7. The Morgan fingerprint density at radius 1 is 0.688 bits per heavy atom. The molecule has 2 rings (SSSR count). The summed E-state index contributed by atoms with van der Waals surface area (Å²) in [5, 5.41) is 0. The topological polar surface area (TPSA) is 61.8 Å².